The second-order valence-corrected chi connectivity index (χ2v) is 16.0. The van der Waals surface area contributed by atoms with E-state index in [-0.39, 0.29) is 16.3 Å². The van der Waals surface area contributed by atoms with Crippen molar-refractivity contribution in [1.82, 2.24) is 19.5 Å². The van der Waals surface area contributed by atoms with Crippen LogP contribution >= 0.6 is 26.8 Å². The normalized spacial score (nSPS) is 29.0. The van der Waals surface area contributed by atoms with Gasteiger partial charge in [-0.25, -0.2) is 4.98 Å². The highest BCUT2D eigenvalue weighted by atomic mass is 35.5. The molecule has 0 radical (unpaired) electrons. The van der Waals surface area contributed by atoms with Crippen LogP contribution in [0.4, 0.5) is 5.82 Å². The van der Waals surface area contributed by atoms with Crippen LogP contribution in [0.15, 0.2) is 36.7 Å². The van der Waals surface area contributed by atoms with Gasteiger partial charge in [0.05, 0.1) is 12.9 Å². The molecule has 234 valence electrons. The highest BCUT2D eigenvalue weighted by Gasteiger charge is 2.49. The first-order valence-corrected chi connectivity index (χ1v) is 18.0. The average molecular weight is 658 g/mol. The molecule has 1 spiro atoms. The average Bonchev–Trinajstić information content (AvgIpc) is 3.61. The van der Waals surface area contributed by atoms with Gasteiger partial charge < -0.3 is 39.1 Å². The molecule has 0 amide bonds. The molecule has 0 bridgehead atoms. The summed E-state index contributed by atoms with van der Waals surface area (Å²) >= 11 is 6.43. The fourth-order valence-electron chi connectivity index (χ4n) is 6.88. The van der Waals surface area contributed by atoms with Crippen molar-refractivity contribution in [2.45, 2.75) is 62.6 Å². The Morgan fingerprint density at radius 2 is 1.77 bits per heavy atom. The van der Waals surface area contributed by atoms with Crippen molar-refractivity contribution in [2.75, 3.05) is 30.5 Å². The van der Waals surface area contributed by atoms with Crippen molar-refractivity contribution in [2.24, 2.45) is 5.41 Å². The Balaban J connectivity index is 1.27. The van der Waals surface area contributed by atoms with Gasteiger partial charge in [-0.15, -0.1) is 0 Å². The van der Waals surface area contributed by atoms with Crippen LogP contribution in [0.25, 0.3) is 11.2 Å². The number of hydrogen-bond acceptors (Lipinski definition) is 10. The number of nitrogens with zero attached hydrogens (tertiary/aromatic N) is 5. The molecule has 14 nitrogen and oxygen atoms in total. The van der Waals surface area contributed by atoms with Gasteiger partial charge in [-0.2, -0.15) is 9.97 Å². The maximum Gasteiger partial charge on any atom is 0.340 e. The minimum Gasteiger partial charge on any atom is -0.387 e. The summed E-state index contributed by atoms with van der Waals surface area (Å²) < 4.78 is 35.2. The van der Waals surface area contributed by atoms with Crippen molar-refractivity contribution in [3.05, 3.63) is 47.5 Å². The molecule has 17 heteroatoms. The number of imidazole rings is 1. The molecule has 6 unspecified atom stereocenters. The molecule has 43 heavy (non-hydrogen) atoms. The lowest BCUT2D eigenvalue weighted by Gasteiger charge is -2.38. The summed E-state index contributed by atoms with van der Waals surface area (Å²) in [6.07, 6.45) is 1.61. The monoisotopic (exact) mass is 657 g/mol. The minimum atomic E-state index is -4.84. The molecule has 2 saturated heterocycles. The molecule has 6 atom stereocenters. The van der Waals surface area contributed by atoms with Crippen LogP contribution in [0.5, 0.6) is 0 Å². The second kappa shape index (κ2) is 11.8. The predicted molar refractivity (Wildman–Crippen MR) is 156 cm³/mol. The number of aliphatic hydroxyl groups is 2. The summed E-state index contributed by atoms with van der Waals surface area (Å²) in [4.78, 5) is 43.5. The highest BCUT2D eigenvalue weighted by Crippen LogP contribution is 2.56. The van der Waals surface area contributed by atoms with E-state index in [1.165, 1.54) is 35.7 Å². The van der Waals surface area contributed by atoms with Gasteiger partial charge in [0.15, 0.2) is 29.1 Å². The molecule has 3 aliphatic rings. The van der Waals surface area contributed by atoms with E-state index in [1.807, 2.05) is 6.07 Å². The van der Waals surface area contributed by atoms with Gasteiger partial charge in [0.1, 0.15) is 18.3 Å². The zero-order chi connectivity index (χ0) is 30.6. The van der Waals surface area contributed by atoms with Crippen LogP contribution in [0.1, 0.15) is 49.8 Å². The number of fused-ring (bicyclic) bond motifs is 1. The summed E-state index contributed by atoms with van der Waals surface area (Å²) in [5.41, 5.74) is 2.07. The highest BCUT2D eigenvalue weighted by molar-refractivity contribution is 7.70. The fourth-order valence-corrected chi connectivity index (χ4v) is 9.61. The number of ether oxygens (including phenoxy) is 1. The molecule has 6 rings (SSSR count). The molecule has 2 aromatic heterocycles. The number of hydrogen-bond donors (Lipinski definition) is 5. The Bertz CT molecular complexity index is 1570. The number of aromatic nitrogens is 4. The van der Waals surface area contributed by atoms with E-state index in [0.717, 1.165) is 25.9 Å². The molecular weight excluding hydrogens is 624 g/mol. The number of anilines is 1. The maximum atomic E-state index is 12.1. The van der Waals surface area contributed by atoms with Gasteiger partial charge in [0, 0.05) is 19.0 Å². The van der Waals surface area contributed by atoms with Gasteiger partial charge >= 0.3 is 15.2 Å². The molecule has 5 N–H and O–H groups in total. The molecule has 1 aromatic carbocycles. The third-order valence-corrected chi connectivity index (χ3v) is 12.4. The number of rotatable bonds is 8. The van der Waals surface area contributed by atoms with Crippen LogP contribution in [0.3, 0.4) is 0 Å². The zero-order valence-electron chi connectivity index (χ0n) is 23.1. The standard InChI is InChI=1S/C26H34ClN5O9P2/c27-25-29-22(31-11-17(16-7-3-1-4-8-16)26(13-31)9-5-2-6-10-26)19-23(30-25)32(14-28-19)24-21(34)20(33)18(41-24)12-40-43(38,39)15-42(35,36)37/h1,3-4,7-8,14,17-18,20-21,24,33-34H,2,5-6,9-13,15H2,(H,38,39)(H2,35,36,37). The second-order valence-electron chi connectivity index (χ2n) is 11.7. The topological polar surface area (TPSA) is 201 Å². The van der Waals surface area contributed by atoms with E-state index in [9.17, 15) is 24.2 Å². The first kappa shape index (κ1) is 31.0. The summed E-state index contributed by atoms with van der Waals surface area (Å²) in [7, 11) is -9.54. The summed E-state index contributed by atoms with van der Waals surface area (Å²) in [6.45, 7) is 0.793. The first-order chi connectivity index (χ1) is 20.4. The lowest BCUT2D eigenvalue weighted by atomic mass is 9.66. The molecular formula is C26H34ClN5O9P2. The molecule has 4 heterocycles. The largest absolute Gasteiger partial charge is 0.387 e. The van der Waals surface area contributed by atoms with Crippen molar-refractivity contribution in [3.8, 4) is 0 Å². The zero-order valence-corrected chi connectivity index (χ0v) is 25.6. The lowest BCUT2D eigenvalue weighted by molar-refractivity contribution is -0.0483. The van der Waals surface area contributed by atoms with Gasteiger partial charge in [-0.3, -0.25) is 13.7 Å². The van der Waals surface area contributed by atoms with Crippen molar-refractivity contribution in [1.29, 1.82) is 0 Å². The quantitative estimate of drug-likeness (QED) is 0.175. The molecule has 2 aliphatic heterocycles. The Morgan fingerprint density at radius 3 is 2.47 bits per heavy atom. The van der Waals surface area contributed by atoms with Crippen LogP contribution in [0, 0.1) is 5.41 Å². The molecule has 1 aliphatic carbocycles. The first-order valence-electron chi connectivity index (χ1n) is 14.1. The van der Waals surface area contributed by atoms with Gasteiger partial charge in [-0.05, 0) is 35.4 Å². The smallest absolute Gasteiger partial charge is 0.340 e. The Morgan fingerprint density at radius 1 is 1.05 bits per heavy atom. The van der Waals surface area contributed by atoms with Gasteiger partial charge in [-0.1, -0.05) is 49.6 Å². The van der Waals surface area contributed by atoms with E-state index in [0.29, 0.717) is 17.3 Å². The predicted octanol–water partition coefficient (Wildman–Crippen LogP) is 2.99. The fraction of sp³-hybridized carbons (Fsp3) is 0.577. The SMILES string of the molecule is O=P(O)(O)CP(=O)(O)OCC1OC(n2cnc3c(N4CC(c5ccccc5)C5(CCCCC5)C4)nc(Cl)nc32)C(O)C1O. The summed E-state index contributed by atoms with van der Waals surface area (Å²) in [5.74, 6) is -0.533. The number of benzene rings is 1. The number of halogens is 1. The van der Waals surface area contributed by atoms with E-state index in [4.69, 9.17) is 30.6 Å². The molecule has 3 fully saturated rings. The van der Waals surface area contributed by atoms with Crippen LogP contribution < -0.4 is 4.90 Å². The summed E-state index contributed by atoms with van der Waals surface area (Å²) in [5, 5.41) is 21.4. The summed E-state index contributed by atoms with van der Waals surface area (Å²) in [6, 6.07) is 10.5. The van der Waals surface area contributed by atoms with Crippen molar-refractivity contribution >= 4 is 43.8 Å². The number of aliphatic hydroxyl groups excluding tert-OH is 2. The van der Waals surface area contributed by atoms with Gasteiger partial charge in [0.25, 0.3) is 0 Å². The van der Waals surface area contributed by atoms with Gasteiger partial charge in [0.2, 0.25) is 5.28 Å². The van der Waals surface area contributed by atoms with Crippen LogP contribution in [-0.2, 0) is 18.4 Å². The third kappa shape index (κ3) is 6.28. The minimum absolute atomic E-state index is 0.0309. The van der Waals surface area contributed by atoms with E-state index < -0.39 is 52.2 Å². The van der Waals surface area contributed by atoms with Crippen LogP contribution in [0.2, 0.25) is 5.28 Å². The lowest BCUT2D eigenvalue weighted by Crippen LogP contribution is -2.33. The van der Waals surface area contributed by atoms with Crippen LogP contribution in [-0.4, -0.2) is 88.3 Å². The molecule has 3 aromatic rings. The Kier molecular flexibility index (Phi) is 8.49. The van der Waals surface area contributed by atoms with E-state index in [2.05, 4.69) is 44.1 Å². The van der Waals surface area contributed by atoms with Crippen molar-refractivity contribution in [3.63, 3.8) is 0 Å². The van der Waals surface area contributed by atoms with E-state index >= 15 is 0 Å². The molecule has 1 saturated carbocycles. The Hall–Kier alpha value is -1.96. The Labute approximate surface area is 252 Å². The third-order valence-electron chi connectivity index (χ3n) is 8.79. The van der Waals surface area contributed by atoms with Crippen molar-refractivity contribution < 1.29 is 43.3 Å². The van der Waals surface area contributed by atoms with E-state index in [1.54, 1.807) is 0 Å². The maximum absolute atomic E-state index is 12.1.